The second-order valence-electron chi connectivity index (χ2n) is 7.11. The van der Waals surface area contributed by atoms with Crippen LogP contribution < -0.4 is 0 Å². The SMILES string of the molecule is CCO[C@H]1O[C@@]2(O)CCC3=CCC[C@H](C)[C@@]3(C)[C@H]2[C@@H]1C. The summed E-state index contributed by atoms with van der Waals surface area (Å²) >= 11 is 0. The van der Waals surface area contributed by atoms with Crippen molar-refractivity contribution >= 4 is 0 Å². The molecule has 1 saturated heterocycles. The van der Waals surface area contributed by atoms with E-state index in [1.165, 1.54) is 12.8 Å². The van der Waals surface area contributed by atoms with Gasteiger partial charge in [0.1, 0.15) is 0 Å². The monoisotopic (exact) mass is 280 g/mol. The molecule has 3 nitrogen and oxygen atoms in total. The highest BCUT2D eigenvalue weighted by molar-refractivity contribution is 5.26. The first kappa shape index (κ1) is 14.6. The Labute approximate surface area is 122 Å². The molecule has 1 N–H and O–H groups in total. The summed E-state index contributed by atoms with van der Waals surface area (Å²) in [6.07, 6.45) is 6.21. The Morgan fingerprint density at radius 1 is 1.45 bits per heavy atom. The largest absolute Gasteiger partial charge is 0.365 e. The number of hydrogen-bond acceptors (Lipinski definition) is 3. The quantitative estimate of drug-likeness (QED) is 0.787. The van der Waals surface area contributed by atoms with Crippen LogP contribution in [0.3, 0.4) is 0 Å². The Hall–Kier alpha value is -0.380. The fraction of sp³-hybridized carbons (Fsp3) is 0.882. The summed E-state index contributed by atoms with van der Waals surface area (Å²) in [4.78, 5) is 0. The van der Waals surface area contributed by atoms with Gasteiger partial charge in [-0.2, -0.15) is 0 Å². The van der Waals surface area contributed by atoms with E-state index in [2.05, 4.69) is 26.8 Å². The average Bonchev–Trinajstić information content (AvgIpc) is 2.65. The third-order valence-electron chi connectivity index (χ3n) is 6.20. The van der Waals surface area contributed by atoms with Crippen LogP contribution in [0.25, 0.3) is 0 Å². The van der Waals surface area contributed by atoms with Crippen molar-refractivity contribution in [2.24, 2.45) is 23.2 Å². The normalized spacial score (nSPS) is 51.4. The molecule has 6 atom stereocenters. The maximum Gasteiger partial charge on any atom is 0.173 e. The van der Waals surface area contributed by atoms with Gasteiger partial charge in [0.25, 0.3) is 0 Å². The lowest BCUT2D eigenvalue weighted by molar-refractivity contribution is -0.277. The van der Waals surface area contributed by atoms with Crippen molar-refractivity contribution in [1.82, 2.24) is 0 Å². The molecular formula is C17H28O3. The number of fused-ring (bicyclic) bond motifs is 3. The van der Waals surface area contributed by atoms with Crippen LogP contribution in [-0.2, 0) is 9.47 Å². The Balaban J connectivity index is 2.00. The zero-order valence-corrected chi connectivity index (χ0v) is 13.2. The first-order valence-corrected chi connectivity index (χ1v) is 8.14. The number of hydrogen-bond donors (Lipinski definition) is 1. The van der Waals surface area contributed by atoms with Crippen molar-refractivity contribution < 1.29 is 14.6 Å². The molecule has 20 heavy (non-hydrogen) atoms. The number of ether oxygens (including phenoxy) is 2. The third kappa shape index (κ3) is 1.83. The number of aliphatic hydroxyl groups is 1. The van der Waals surface area contributed by atoms with Crippen molar-refractivity contribution in [3.63, 3.8) is 0 Å². The molecular weight excluding hydrogens is 252 g/mol. The van der Waals surface area contributed by atoms with E-state index in [9.17, 15) is 5.11 Å². The molecule has 2 aliphatic carbocycles. The summed E-state index contributed by atoms with van der Waals surface area (Å²) in [5, 5.41) is 11.1. The standard InChI is InChI=1S/C17H28O3/c1-5-19-15-12(3)14-16(4)11(2)7-6-8-13(16)9-10-17(14,18)20-15/h8,11-12,14-15,18H,5-7,9-10H2,1-4H3/t11-,12-,14+,15-,16+,17-/m0/s1. The zero-order chi connectivity index (χ0) is 14.5. The second kappa shape index (κ2) is 4.82. The number of allylic oxidation sites excluding steroid dienone is 2. The van der Waals surface area contributed by atoms with E-state index in [0.29, 0.717) is 18.9 Å². The molecule has 0 bridgehead atoms. The summed E-state index contributed by atoms with van der Waals surface area (Å²) in [5.41, 5.74) is 1.59. The van der Waals surface area contributed by atoms with Crippen molar-refractivity contribution in [3.05, 3.63) is 11.6 Å². The van der Waals surface area contributed by atoms with E-state index < -0.39 is 5.79 Å². The minimum Gasteiger partial charge on any atom is -0.365 e. The van der Waals surface area contributed by atoms with Gasteiger partial charge < -0.3 is 14.6 Å². The van der Waals surface area contributed by atoms with Crippen LogP contribution in [0.5, 0.6) is 0 Å². The van der Waals surface area contributed by atoms with Gasteiger partial charge in [-0.15, -0.1) is 0 Å². The lowest BCUT2D eigenvalue weighted by atomic mass is 9.52. The first-order chi connectivity index (χ1) is 9.43. The average molecular weight is 280 g/mol. The highest BCUT2D eigenvalue weighted by atomic mass is 16.7. The Morgan fingerprint density at radius 2 is 2.20 bits per heavy atom. The minimum atomic E-state index is -1.00. The topological polar surface area (TPSA) is 38.7 Å². The van der Waals surface area contributed by atoms with E-state index in [1.807, 2.05) is 6.92 Å². The Kier molecular flexibility index (Phi) is 3.51. The second-order valence-corrected chi connectivity index (χ2v) is 7.11. The molecule has 0 radical (unpaired) electrons. The van der Waals surface area contributed by atoms with Gasteiger partial charge in [-0.1, -0.05) is 32.4 Å². The van der Waals surface area contributed by atoms with Crippen LogP contribution in [0.4, 0.5) is 0 Å². The first-order valence-electron chi connectivity index (χ1n) is 8.14. The van der Waals surface area contributed by atoms with Gasteiger partial charge in [-0.3, -0.25) is 0 Å². The lowest BCUT2D eigenvalue weighted by Crippen LogP contribution is -2.53. The highest BCUT2D eigenvalue weighted by Crippen LogP contribution is 2.62. The third-order valence-corrected chi connectivity index (χ3v) is 6.20. The van der Waals surface area contributed by atoms with Crippen molar-refractivity contribution in [2.75, 3.05) is 6.61 Å². The summed E-state index contributed by atoms with van der Waals surface area (Å²) in [6, 6.07) is 0. The molecule has 0 unspecified atom stereocenters. The van der Waals surface area contributed by atoms with E-state index in [4.69, 9.17) is 9.47 Å². The molecule has 114 valence electrons. The van der Waals surface area contributed by atoms with Gasteiger partial charge in [0.15, 0.2) is 12.1 Å². The van der Waals surface area contributed by atoms with Crippen LogP contribution in [0.15, 0.2) is 11.6 Å². The predicted molar refractivity (Wildman–Crippen MR) is 77.9 cm³/mol. The van der Waals surface area contributed by atoms with Gasteiger partial charge in [-0.05, 0) is 37.5 Å². The zero-order valence-electron chi connectivity index (χ0n) is 13.2. The minimum absolute atomic E-state index is 0.0521. The molecule has 1 aliphatic heterocycles. The molecule has 1 heterocycles. The summed E-state index contributed by atoms with van der Waals surface area (Å²) in [5.74, 6) is -0.0430. The molecule has 2 fully saturated rings. The van der Waals surface area contributed by atoms with Crippen LogP contribution in [-0.4, -0.2) is 23.8 Å². The molecule has 1 saturated carbocycles. The van der Waals surface area contributed by atoms with E-state index in [1.54, 1.807) is 5.57 Å². The highest BCUT2D eigenvalue weighted by Gasteiger charge is 2.64. The molecule has 0 spiro atoms. The van der Waals surface area contributed by atoms with Crippen LogP contribution in [0, 0.1) is 23.2 Å². The summed E-state index contributed by atoms with van der Waals surface area (Å²) in [6.45, 7) is 9.47. The molecule has 0 aromatic rings. The maximum atomic E-state index is 11.1. The Morgan fingerprint density at radius 3 is 2.90 bits per heavy atom. The van der Waals surface area contributed by atoms with Crippen molar-refractivity contribution in [2.45, 2.75) is 65.5 Å². The molecule has 0 aromatic heterocycles. The van der Waals surface area contributed by atoms with Gasteiger partial charge in [0.2, 0.25) is 0 Å². The molecule has 0 aromatic carbocycles. The van der Waals surface area contributed by atoms with E-state index >= 15 is 0 Å². The fourth-order valence-corrected chi connectivity index (χ4v) is 5.06. The van der Waals surface area contributed by atoms with Gasteiger partial charge >= 0.3 is 0 Å². The Bertz CT molecular complexity index is 418. The van der Waals surface area contributed by atoms with Crippen molar-refractivity contribution in [3.8, 4) is 0 Å². The van der Waals surface area contributed by atoms with Crippen LogP contribution >= 0.6 is 0 Å². The van der Waals surface area contributed by atoms with Crippen molar-refractivity contribution in [1.29, 1.82) is 0 Å². The van der Waals surface area contributed by atoms with Crippen LogP contribution in [0.2, 0.25) is 0 Å². The van der Waals surface area contributed by atoms with E-state index in [-0.39, 0.29) is 23.5 Å². The van der Waals surface area contributed by atoms with E-state index in [0.717, 1.165) is 6.42 Å². The van der Waals surface area contributed by atoms with Crippen LogP contribution in [0.1, 0.15) is 53.4 Å². The smallest absolute Gasteiger partial charge is 0.173 e. The summed E-state index contributed by atoms with van der Waals surface area (Å²) < 4.78 is 11.7. The fourth-order valence-electron chi connectivity index (χ4n) is 5.06. The molecule has 3 rings (SSSR count). The molecule has 3 heteroatoms. The van der Waals surface area contributed by atoms with Gasteiger partial charge in [0, 0.05) is 24.9 Å². The number of rotatable bonds is 2. The lowest BCUT2D eigenvalue weighted by Gasteiger charge is -2.54. The maximum absolute atomic E-state index is 11.1. The molecule has 0 amide bonds. The van der Waals surface area contributed by atoms with Gasteiger partial charge in [-0.25, -0.2) is 0 Å². The van der Waals surface area contributed by atoms with Gasteiger partial charge in [0.05, 0.1) is 0 Å². The predicted octanol–water partition coefficient (Wildman–Crippen LogP) is 3.48. The molecule has 3 aliphatic rings. The summed E-state index contributed by atoms with van der Waals surface area (Å²) in [7, 11) is 0.